The van der Waals surface area contributed by atoms with Crippen molar-refractivity contribution in [3.63, 3.8) is 0 Å². The second-order valence-corrected chi connectivity index (χ2v) is 4.89. The number of aromatic nitrogens is 2. The highest BCUT2D eigenvalue weighted by Crippen LogP contribution is 2.28. The van der Waals surface area contributed by atoms with E-state index in [2.05, 4.69) is 5.10 Å². The van der Waals surface area contributed by atoms with Crippen LogP contribution in [-0.2, 0) is 12.7 Å². The smallest absolute Gasteiger partial charge is 0.387 e. The van der Waals surface area contributed by atoms with Crippen LogP contribution in [-0.4, -0.2) is 15.6 Å². The molecule has 0 bridgehead atoms. The van der Waals surface area contributed by atoms with Gasteiger partial charge in [0.15, 0.2) is 0 Å². The van der Waals surface area contributed by atoms with Gasteiger partial charge in [-0.1, -0.05) is 13.8 Å². The molecule has 0 fully saturated rings. The monoisotopic (exact) mass is 262 g/mol. The van der Waals surface area contributed by atoms with Gasteiger partial charge >= 0.3 is 6.18 Å². The van der Waals surface area contributed by atoms with Crippen molar-refractivity contribution in [1.82, 2.24) is 9.78 Å². The molecule has 4 nitrogen and oxygen atoms in total. The molecule has 0 aromatic carbocycles. The van der Waals surface area contributed by atoms with Gasteiger partial charge in [0.1, 0.15) is 0 Å². The van der Waals surface area contributed by atoms with Gasteiger partial charge in [0.05, 0.1) is 17.6 Å². The molecule has 3 N–H and O–H groups in total. The average Bonchev–Trinajstić information content (AvgIpc) is 2.65. The van der Waals surface area contributed by atoms with Crippen LogP contribution in [0.4, 0.5) is 13.2 Å². The molecule has 0 aliphatic carbocycles. The van der Waals surface area contributed by atoms with Gasteiger partial charge in [0, 0.05) is 18.2 Å². The van der Waals surface area contributed by atoms with Crippen LogP contribution in [0, 0.1) is 10.8 Å². The minimum atomic E-state index is -4.35. The summed E-state index contributed by atoms with van der Waals surface area (Å²) in [6.45, 7) is 4.05. The maximum absolute atomic E-state index is 12.3. The van der Waals surface area contributed by atoms with Crippen molar-refractivity contribution < 1.29 is 13.2 Å². The lowest BCUT2D eigenvalue weighted by molar-refractivity contribution is -0.137. The summed E-state index contributed by atoms with van der Waals surface area (Å²) in [5.74, 6) is 0.0824. The molecule has 0 radical (unpaired) electrons. The van der Waals surface area contributed by atoms with E-state index in [0.29, 0.717) is 19.4 Å². The minimum Gasteiger partial charge on any atom is -0.387 e. The van der Waals surface area contributed by atoms with Crippen LogP contribution in [0.3, 0.4) is 0 Å². The van der Waals surface area contributed by atoms with Crippen molar-refractivity contribution >= 4 is 5.84 Å². The maximum Gasteiger partial charge on any atom is 0.419 e. The van der Waals surface area contributed by atoms with Crippen LogP contribution in [0.25, 0.3) is 0 Å². The summed E-state index contributed by atoms with van der Waals surface area (Å²) in [5, 5.41) is 11.0. The zero-order valence-electron chi connectivity index (χ0n) is 10.4. The fraction of sp³-hybridized carbons (Fsp3) is 0.636. The van der Waals surface area contributed by atoms with Gasteiger partial charge in [0.25, 0.3) is 0 Å². The van der Waals surface area contributed by atoms with E-state index in [4.69, 9.17) is 11.1 Å². The van der Waals surface area contributed by atoms with Crippen molar-refractivity contribution in [2.75, 3.05) is 0 Å². The SMILES string of the molecule is CC(C)(CCCn1cc(C(F)(F)F)cn1)C(=N)N. The Morgan fingerprint density at radius 3 is 2.50 bits per heavy atom. The molecular formula is C11H17F3N4. The van der Waals surface area contributed by atoms with E-state index in [-0.39, 0.29) is 5.84 Å². The van der Waals surface area contributed by atoms with Crippen LogP contribution < -0.4 is 5.73 Å². The Bertz CT molecular complexity index is 420. The van der Waals surface area contributed by atoms with E-state index < -0.39 is 17.2 Å². The van der Waals surface area contributed by atoms with E-state index >= 15 is 0 Å². The number of aryl methyl sites for hydroxylation is 1. The molecule has 0 atom stereocenters. The molecule has 0 unspecified atom stereocenters. The Hall–Kier alpha value is -1.53. The summed E-state index contributed by atoms with van der Waals surface area (Å²) >= 11 is 0. The molecule has 7 heteroatoms. The summed E-state index contributed by atoms with van der Waals surface area (Å²) in [7, 11) is 0. The Morgan fingerprint density at radius 2 is 2.06 bits per heavy atom. The summed E-state index contributed by atoms with van der Waals surface area (Å²) in [5.41, 5.74) is 4.25. The Kier molecular flexibility index (Phi) is 4.03. The number of nitrogens with two attached hydrogens (primary N) is 1. The first-order chi connectivity index (χ1) is 8.13. The zero-order valence-corrected chi connectivity index (χ0v) is 10.4. The highest BCUT2D eigenvalue weighted by Gasteiger charge is 2.32. The molecule has 18 heavy (non-hydrogen) atoms. The second kappa shape index (κ2) is 4.99. The van der Waals surface area contributed by atoms with Gasteiger partial charge in [-0.15, -0.1) is 0 Å². The molecule has 1 heterocycles. The van der Waals surface area contributed by atoms with Gasteiger partial charge in [-0.05, 0) is 12.8 Å². The quantitative estimate of drug-likeness (QED) is 0.632. The number of nitrogens with zero attached hydrogens (tertiary/aromatic N) is 2. The van der Waals surface area contributed by atoms with Crippen LogP contribution in [0.2, 0.25) is 0 Å². The topological polar surface area (TPSA) is 67.7 Å². The molecular weight excluding hydrogens is 245 g/mol. The third kappa shape index (κ3) is 3.75. The van der Waals surface area contributed by atoms with E-state index in [0.717, 1.165) is 12.4 Å². The maximum atomic E-state index is 12.3. The number of hydrogen-bond donors (Lipinski definition) is 2. The van der Waals surface area contributed by atoms with Crippen molar-refractivity contribution in [2.24, 2.45) is 11.1 Å². The predicted molar refractivity (Wildman–Crippen MR) is 62.2 cm³/mol. The number of rotatable bonds is 5. The molecule has 0 amide bonds. The molecule has 102 valence electrons. The molecule has 0 aliphatic rings. The molecule has 1 aromatic heterocycles. The highest BCUT2D eigenvalue weighted by molar-refractivity contribution is 5.82. The Balaban J connectivity index is 2.51. The van der Waals surface area contributed by atoms with Gasteiger partial charge in [-0.25, -0.2) is 0 Å². The van der Waals surface area contributed by atoms with Crippen LogP contribution in [0.15, 0.2) is 12.4 Å². The summed E-state index contributed by atoms with van der Waals surface area (Å²) in [6.07, 6.45) is -1.30. The summed E-state index contributed by atoms with van der Waals surface area (Å²) < 4.78 is 38.2. The molecule has 0 saturated heterocycles. The standard InChI is InChI=1S/C11H17F3N4/c1-10(2,9(15)16)4-3-5-18-7-8(6-17-18)11(12,13)14/h6-7H,3-5H2,1-2H3,(H3,15,16). The van der Waals surface area contributed by atoms with Crippen molar-refractivity contribution in [3.05, 3.63) is 18.0 Å². The first kappa shape index (κ1) is 14.5. The molecule has 0 spiro atoms. The fourth-order valence-corrected chi connectivity index (χ4v) is 1.45. The number of nitrogens with one attached hydrogen (secondary N) is 1. The molecule has 0 saturated carbocycles. The van der Waals surface area contributed by atoms with Gasteiger partial charge < -0.3 is 5.73 Å². The van der Waals surface area contributed by atoms with E-state index in [1.807, 2.05) is 13.8 Å². The van der Waals surface area contributed by atoms with E-state index in [1.54, 1.807) is 0 Å². The van der Waals surface area contributed by atoms with E-state index in [1.165, 1.54) is 4.68 Å². The van der Waals surface area contributed by atoms with Crippen molar-refractivity contribution in [3.8, 4) is 0 Å². The third-order valence-corrected chi connectivity index (χ3v) is 2.88. The van der Waals surface area contributed by atoms with Crippen molar-refractivity contribution in [1.29, 1.82) is 5.41 Å². The lowest BCUT2D eigenvalue weighted by Gasteiger charge is -2.22. The molecule has 0 aliphatic heterocycles. The minimum absolute atomic E-state index is 0.0824. The summed E-state index contributed by atoms with van der Waals surface area (Å²) in [6, 6.07) is 0. The normalized spacial score (nSPS) is 12.7. The number of hydrogen-bond acceptors (Lipinski definition) is 2. The number of alkyl halides is 3. The average molecular weight is 262 g/mol. The molecule has 1 rings (SSSR count). The van der Waals surface area contributed by atoms with Crippen LogP contribution in [0.1, 0.15) is 32.3 Å². The predicted octanol–water partition coefficient (Wildman–Crippen LogP) is 2.64. The van der Waals surface area contributed by atoms with E-state index in [9.17, 15) is 13.2 Å². The third-order valence-electron chi connectivity index (χ3n) is 2.88. The number of amidine groups is 1. The highest BCUT2D eigenvalue weighted by atomic mass is 19.4. The largest absolute Gasteiger partial charge is 0.419 e. The van der Waals surface area contributed by atoms with Gasteiger partial charge in [-0.2, -0.15) is 18.3 Å². The zero-order chi connectivity index (χ0) is 14.0. The second-order valence-electron chi connectivity index (χ2n) is 4.89. The molecule has 1 aromatic rings. The van der Waals surface area contributed by atoms with Crippen LogP contribution >= 0.6 is 0 Å². The first-order valence-electron chi connectivity index (χ1n) is 5.57. The summed E-state index contributed by atoms with van der Waals surface area (Å²) in [4.78, 5) is 0. The lowest BCUT2D eigenvalue weighted by Crippen LogP contribution is -2.30. The Morgan fingerprint density at radius 1 is 1.44 bits per heavy atom. The first-order valence-corrected chi connectivity index (χ1v) is 5.57. The van der Waals surface area contributed by atoms with Gasteiger partial charge in [-0.3, -0.25) is 10.1 Å². The Labute approximate surface area is 103 Å². The van der Waals surface area contributed by atoms with Gasteiger partial charge in [0.2, 0.25) is 0 Å². The van der Waals surface area contributed by atoms with Crippen LogP contribution in [0.5, 0.6) is 0 Å². The lowest BCUT2D eigenvalue weighted by atomic mass is 9.87. The number of halogens is 3. The fourth-order valence-electron chi connectivity index (χ4n) is 1.45. The van der Waals surface area contributed by atoms with Crippen molar-refractivity contribution in [2.45, 2.75) is 39.4 Å².